The lowest BCUT2D eigenvalue weighted by molar-refractivity contribution is -0.124. The standard InChI is InChI=1S/C16H31N5O2/c1-13(2)8-6-4-5-7-9-18-15(17-3)19-10-11-21-14(22)12-20-16(21)23/h13H,4-12H2,1-3H3,(H,20,23)(H2,17,18,19). The van der Waals surface area contributed by atoms with E-state index in [2.05, 4.69) is 34.8 Å². The number of nitrogens with one attached hydrogen (secondary N) is 3. The van der Waals surface area contributed by atoms with Gasteiger partial charge in [0.25, 0.3) is 0 Å². The predicted molar refractivity (Wildman–Crippen MR) is 92.4 cm³/mol. The summed E-state index contributed by atoms with van der Waals surface area (Å²) in [5, 5.41) is 8.87. The second-order valence-corrected chi connectivity index (χ2v) is 6.23. The van der Waals surface area contributed by atoms with Gasteiger partial charge in [-0.25, -0.2) is 4.79 Å². The summed E-state index contributed by atoms with van der Waals surface area (Å²) < 4.78 is 0. The minimum atomic E-state index is -0.318. The Balaban J connectivity index is 2.06. The molecule has 1 saturated heterocycles. The van der Waals surface area contributed by atoms with E-state index in [1.54, 1.807) is 7.05 Å². The summed E-state index contributed by atoms with van der Waals surface area (Å²) in [6, 6.07) is -0.318. The molecule has 0 spiro atoms. The molecule has 0 aromatic heterocycles. The molecule has 0 unspecified atom stereocenters. The van der Waals surface area contributed by atoms with E-state index in [4.69, 9.17) is 0 Å². The number of carbonyl (C=O) groups excluding carboxylic acids is 2. The zero-order valence-corrected chi connectivity index (χ0v) is 14.7. The van der Waals surface area contributed by atoms with Crippen LogP contribution >= 0.6 is 0 Å². The van der Waals surface area contributed by atoms with Crippen LogP contribution in [0.5, 0.6) is 0 Å². The smallest absolute Gasteiger partial charge is 0.324 e. The normalized spacial score (nSPS) is 15.3. The van der Waals surface area contributed by atoms with Crippen LogP contribution in [0, 0.1) is 5.92 Å². The minimum Gasteiger partial charge on any atom is -0.356 e. The number of hydrogen-bond donors (Lipinski definition) is 3. The maximum atomic E-state index is 11.4. The highest BCUT2D eigenvalue weighted by molar-refractivity contribution is 6.01. The van der Waals surface area contributed by atoms with Crippen molar-refractivity contribution in [1.29, 1.82) is 0 Å². The molecule has 0 bridgehead atoms. The fourth-order valence-electron chi connectivity index (χ4n) is 2.43. The monoisotopic (exact) mass is 325 g/mol. The Kier molecular flexibility index (Phi) is 9.09. The number of carbonyl (C=O) groups is 2. The topological polar surface area (TPSA) is 85.8 Å². The number of hydrogen-bond acceptors (Lipinski definition) is 3. The number of amides is 3. The Hall–Kier alpha value is -1.79. The fraction of sp³-hybridized carbons (Fsp3) is 0.812. The Morgan fingerprint density at radius 3 is 2.48 bits per heavy atom. The quantitative estimate of drug-likeness (QED) is 0.245. The third kappa shape index (κ3) is 7.85. The molecule has 0 aliphatic carbocycles. The molecule has 0 saturated carbocycles. The fourth-order valence-corrected chi connectivity index (χ4v) is 2.43. The molecule has 0 aromatic rings. The molecule has 1 fully saturated rings. The van der Waals surface area contributed by atoms with Crippen LogP contribution in [0.25, 0.3) is 0 Å². The summed E-state index contributed by atoms with van der Waals surface area (Å²) in [6.07, 6.45) is 6.22. The SMILES string of the molecule is CN=C(NCCCCCCC(C)C)NCCN1C(=O)CNC1=O. The molecule has 1 rings (SSSR count). The van der Waals surface area contributed by atoms with Gasteiger partial charge >= 0.3 is 6.03 Å². The van der Waals surface area contributed by atoms with Crippen LogP contribution in [0.2, 0.25) is 0 Å². The number of rotatable bonds is 10. The lowest BCUT2D eigenvalue weighted by Crippen LogP contribution is -2.43. The maximum absolute atomic E-state index is 11.4. The van der Waals surface area contributed by atoms with Crippen molar-refractivity contribution in [2.45, 2.75) is 46.0 Å². The molecule has 3 amide bonds. The molecule has 1 aliphatic heterocycles. The average molecular weight is 325 g/mol. The highest BCUT2D eigenvalue weighted by Crippen LogP contribution is 2.08. The van der Waals surface area contributed by atoms with Crippen molar-refractivity contribution in [3.63, 3.8) is 0 Å². The van der Waals surface area contributed by atoms with Crippen molar-refractivity contribution in [1.82, 2.24) is 20.9 Å². The second-order valence-electron chi connectivity index (χ2n) is 6.23. The van der Waals surface area contributed by atoms with E-state index in [-0.39, 0.29) is 18.5 Å². The van der Waals surface area contributed by atoms with Gasteiger partial charge in [0, 0.05) is 26.7 Å². The van der Waals surface area contributed by atoms with Crippen LogP contribution in [-0.2, 0) is 4.79 Å². The molecule has 0 radical (unpaired) electrons. The van der Waals surface area contributed by atoms with Crippen molar-refractivity contribution in [2.75, 3.05) is 33.2 Å². The molecule has 1 aliphatic rings. The largest absolute Gasteiger partial charge is 0.356 e. The number of aliphatic imine (C=N–C) groups is 1. The summed E-state index contributed by atoms with van der Waals surface area (Å²) in [6.45, 7) is 6.34. The van der Waals surface area contributed by atoms with Crippen LogP contribution in [0.15, 0.2) is 4.99 Å². The first kappa shape index (κ1) is 19.3. The van der Waals surface area contributed by atoms with Gasteiger partial charge in [-0.1, -0.05) is 39.5 Å². The third-order valence-corrected chi connectivity index (χ3v) is 3.79. The van der Waals surface area contributed by atoms with Gasteiger partial charge in [0.15, 0.2) is 5.96 Å². The third-order valence-electron chi connectivity index (χ3n) is 3.79. The number of urea groups is 1. The van der Waals surface area contributed by atoms with Crippen LogP contribution in [0.1, 0.15) is 46.0 Å². The van der Waals surface area contributed by atoms with Gasteiger partial charge in [-0.05, 0) is 12.3 Å². The molecule has 132 valence electrons. The molecular weight excluding hydrogens is 294 g/mol. The molecule has 23 heavy (non-hydrogen) atoms. The number of imide groups is 1. The van der Waals surface area contributed by atoms with E-state index in [1.165, 1.54) is 30.6 Å². The molecule has 7 heteroatoms. The lowest BCUT2D eigenvalue weighted by Gasteiger charge is -2.15. The van der Waals surface area contributed by atoms with Gasteiger partial charge < -0.3 is 16.0 Å². The minimum absolute atomic E-state index is 0.0998. The number of unbranched alkanes of at least 4 members (excludes halogenated alkanes) is 3. The molecule has 0 atom stereocenters. The second kappa shape index (κ2) is 10.9. The predicted octanol–water partition coefficient (Wildman–Crippen LogP) is 1.31. The van der Waals surface area contributed by atoms with Gasteiger partial charge in [-0.15, -0.1) is 0 Å². The summed E-state index contributed by atoms with van der Waals surface area (Å²) in [4.78, 5) is 28.2. The van der Waals surface area contributed by atoms with Crippen LogP contribution in [0.4, 0.5) is 4.79 Å². The number of nitrogens with zero attached hydrogens (tertiary/aromatic N) is 2. The highest BCUT2D eigenvalue weighted by Gasteiger charge is 2.27. The van der Waals surface area contributed by atoms with Gasteiger partial charge in [0.1, 0.15) is 0 Å². The summed E-state index contributed by atoms with van der Waals surface area (Å²) in [5.41, 5.74) is 0. The van der Waals surface area contributed by atoms with Crippen LogP contribution < -0.4 is 16.0 Å². The molecule has 3 N–H and O–H groups in total. The Labute approximate surface area is 139 Å². The summed E-state index contributed by atoms with van der Waals surface area (Å²) in [7, 11) is 1.71. The van der Waals surface area contributed by atoms with Gasteiger partial charge in [0.2, 0.25) is 5.91 Å². The van der Waals surface area contributed by atoms with Crippen LogP contribution in [0.3, 0.4) is 0 Å². The van der Waals surface area contributed by atoms with Crippen LogP contribution in [-0.4, -0.2) is 56.0 Å². The van der Waals surface area contributed by atoms with Gasteiger partial charge in [-0.3, -0.25) is 14.7 Å². The molecule has 0 aromatic carbocycles. The first-order chi connectivity index (χ1) is 11.0. The van der Waals surface area contributed by atoms with E-state index < -0.39 is 0 Å². The van der Waals surface area contributed by atoms with E-state index >= 15 is 0 Å². The average Bonchev–Trinajstić information content (AvgIpc) is 2.83. The number of guanidine groups is 1. The van der Waals surface area contributed by atoms with Crippen molar-refractivity contribution in [2.24, 2.45) is 10.9 Å². The molecular formula is C16H31N5O2. The molecule has 1 heterocycles. The zero-order valence-electron chi connectivity index (χ0n) is 14.7. The summed E-state index contributed by atoms with van der Waals surface area (Å²) >= 11 is 0. The summed E-state index contributed by atoms with van der Waals surface area (Å²) in [5.74, 6) is 1.32. The Morgan fingerprint density at radius 1 is 1.17 bits per heavy atom. The van der Waals surface area contributed by atoms with Crippen molar-refractivity contribution >= 4 is 17.9 Å². The zero-order chi connectivity index (χ0) is 17.1. The highest BCUT2D eigenvalue weighted by atomic mass is 16.2. The first-order valence-corrected chi connectivity index (χ1v) is 8.57. The Morgan fingerprint density at radius 2 is 1.87 bits per heavy atom. The van der Waals surface area contributed by atoms with Gasteiger partial charge in [0.05, 0.1) is 6.54 Å². The van der Waals surface area contributed by atoms with E-state index in [1.807, 2.05) is 0 Å². The van der Waals surface area contributed by atoms with Crippen molar-refractivity contribution in [3.8, 4) is 0 Å². The Bertz CT molecular complexity index is 393. The maximum Gasteiger partial charge on any atom is 0.324 e. The van der Waals surface area contributed by atoms with Crippen molar-refractivity contribution < 1.29 is 9.59 Å². The van der Waals surface area contributed by atoms with Gasteiger partial charge in [-0.2, -0.15) is 0 Å². The lowest BCUT2D eigenvalue weighted by atomic mass is 10.0. The van der Waals surface area contributed by atoms with E-state index in [9.17, 15) is 9.59 Å². The molecule has 7 nitrogen and oxygen atoms in total. The first-order valence-electron chi connectivity index (χ1n) is 8.57. The van der Waals surface area contributed by atoms with E-state index in [0.717, 1.165) is 18.9 Å². The van der Waals surface area contributed by atoms with E-state index in [0.29, 0.717) is 19.0 Å². The van der Waals surface area contributed by atoms with Crippen molar-refractivity contribution in [3.05, 3.63) is 0 Å².